The maximum atomic E-state index is 12.4. The van der Waals surface area contributed by atoms with Crippen molar-refractivity contribution in [2.75, 3.05) is 24.6 Å². The lowest BCUT2D eigenvalue weighted by Crippen LogP contribution is -2.45. The van der Waals surface area contributed by atoms with Gasteiger partial charge < -0.3 is 14.2 Å². The highest BCUT2D eigenvalue weighted by Crippen LogP contribution is 2.43. The van der Waals surface area contributed by atoms with Crippen molar-refractivity contribution in [2.45, 2.75) is 38.8 Å². The second kappa shape index (κ2) is 6.95. The zero-order chi connectivity index (χ0) is 16.3. The molecule has 1 atom stereocenters. The second-order valence-corrected chi connectivity index (χ2v) is 7.56. The Balaban J connectivity index is 1.55. The van der Waals surface area contributed by atoms with E-state index in [9.17, 15) is 9.59 Å². The molecule has 1 aromatic heterocycles. The van der Waals surface area contributed by atoms with Gasteiger partial charge in [0.15, 0.2) is 0 Å². The maximum absolute atomic E-state index is 12.4. The smallest absolute Gasteiger partial charge is 0.312 e. The fraction of sp³-hybridized carbons (Fsp3) is 0.688. The summed E-state index contributed by atoms with van der Waals surface area (Å²) in [7, 11) is 0. The molecule has 0 saturated carbocycles. The fourth-order valence-electron chi connectivity index (χ4n) is 3.44. The third-order valence-corrected chi connectivity index (χ3v) is 5.66. The van der Waals surface area contributed by atoms with Gasteiger partial charge in [0.2, 0.25) is 5.91 Å². The largest absolute Gasteiger partial charge is 0.460 e. The molecule has 2 aliphatic rings. The van der Waals surface area contributed by atoms with E-state index in [4.69, 9.17) is 4.74 Å². The summed E-state index contributed by atoms with van der Waals surface area (Å²) >= 11 is 1.65. The summed E-state index contributed by atoms with van der Waals surface area (Å²) < 4.78 is 7.54. The number of rotatable bonds is 5. The number of cyclic esters (lactones) is 1. The summed E-state index contributed by atoms with van der Waals surface area (Å²) in [6, 6.07) is 0. The number of likely N-dealkylation sites (tertiary alicyclic amines) is 1. The molecule has 0 aromatic carbocycles. The maximum Gasteiger partial charge on any atom is 0.312 e. The highest BCUT2D eigenvalue weighted by atomic mass is 32.2. The molecule has 0 bridgehead atoms. The molecule has 2 saturated heterocycles. The normalized spacial score (nSPS) is 23.3. The average Bonchev–Trinajstić information content (AvgIpc) is 3.15. The topological polar surface area (TPSA) is 64.4 Å². The molecule has 3 rings (SSSR count). The van der Waals surface area contributed by atoms with E-state index in [1.54, 1.807) is 24.3 Å². The molecule has 2 fully saturated rings. The Morgan fingerprint density at radius 3 is 2.91 bits per heavy atom. The molecule has 3 heterocycles. The zero-order valence-electron chi connectivity index (χ0n) is 13.4. The number of piperidine rings is 1. The van der Waals surface area contributed by atoms with Gasteiger partial charge in [0.1, 0.15) is 6.10 Å². The van der Waals surface area contributed by atoms with Crippen LogP contribution in [0.4, 0.5) is 0 Å². The number of esters is 1. The Labute approximate surface area is 140 Å². The summed E-state index contributed by atoms with van der Waals surface area (Å²) in [6.45, 7) is 4.04. The third kappa shape index (κ3) is 3.54. The van der Waals surface area contributed by atoms with Crippen LogP contribution >= 0.6 is 11.8 Å². The molecule has 2 aliphatic heterocycles. The van der Waals surface area contributed by atoms with Crippen LogP contribution in [0.2, 0.25) is 0 Å². The van der Waals surface area contributed by atoms with Crippen LogP contribution in [0.3, 0.4) is 0 Å². The minimum absolute atomic E-state index is 0.0855. The Morgan fingerprint density at radius 2 is 2.26 bits per heavy atom. The summed E-state index contributed by atoms with van der Waals surface area (Å²) in [4.78, 5) is 30.4. The van der Waals surface area contributed by atoms with E-state index in [1.807, 2.05) is 15.7 Å². The van der Waals surface area contributed by atoms with E-state index >= 15 is 0 Å². The fourth-order valence-corrected chi connectivity index (χ4v) is 4.00. The summed E-state index contributed by atoms with van der Waals surface area (Å²) in [6.07, 6.45) is 7.44. The second-order valence-electron chi connectivity index (χ2n) is 6.29. The van der Waals surface area contributed by atoms with Crippen molar-refractivity contribution in [2.24, 2.45) is 5.41 Å². The van der Waals surface area contributed by atoms with E-state index in [2.05, 4.69) is 11.9 Å². The Kier molecular flexibility index (Phi) is 4.94. The molecule has 6 nitrogen and oxygen atoms in total. The first-order valence-electron chi connectivity index (χ1n) is 8.15. The van der Waals surface area contributed by atoms with Crippen LogP contribution in [0.25, 0.3) is 0 Å². The molecular formula is C16H23N3O3S. The van der Waals surface area contributed by atoms with Gasteiger partial charge in [0.05, 0.1) is 24.0 Å². The standard InChI is InChI=1S/C16H23N3O3S/c1-2-23-11-14(20)19-6-3-16(4-7-19)9-13(22-15(16)21)10-18-8-5-17-12-18/h5,8,12-13H,2-4,6-7,9-11H2,1H3. The first-order valence-corrected chi connectivity index (χ1v) is 9.31. The number of imidazole rings is 1. The number of carbonyl (C=O) groups is 2. The zero-order valence-corrected chi connectivity index (χ0v) is 14.3. The van der Waals surface area contributed by atoms with Crippen molar-refractivity contribution in [1.29, 1.82) is 0 Å². The van der Waals surface area contributed by atoms with Crippen LogP contribution in [0, 0.1) is 5.41 Å². The van der Waals surface area contributed by atoms with Crippen LogP contribution in [-0.2, 0) is 20.9 Å². The predicted octanol–water partition coefficient (Wildman–Crippen LogP) is 1.56. The molecule has 1 spiro atoms. The number of ether oxygens (including phenoxy) is 1. The number of hydrogen-bond acceptors (Lipinski definition) is 5. The lowest BCUT2D eigenvalue weighted by Gasteiger charge is -2.36. The SMILES string of the molecule is CCSCC(=O)N1CCC2(CC1)CC(Cn1ccnc1)OC2=O. The van der Waals surface area contributed by atoms with Crippen LogP contribution in [0.1, 0.15) is 26.2 Å². The summed E-state index contributed by atoms with van der Waals surface area (Å²) in [5.74, 6) is 1.59. The quantitative estimate of drug-likeness (QED) is 0.763. The molecule has 7 heteroatoms. The monoisotopic (exact) mass is 337 g/mol. The van der Waals surface area contributed by atoms with Gasteiger partial charge in [-0.05, 0) is 18.6 Å². The minimum Gasteiger partial charge on any atom is -0.460 e. The van der Waals surface area contributed by atoms with Gasteiger partial charge in [0.25, 0.3) is 0 Å². The van der Waals surface area contributed by atoms with Crippen molar-refractivity contribution in [3.05, 3.63) is 18.7 Å². The highest BCUT2D eigenvalue weighted by molar-refractivity contribution is 7.99. The van der Waals surface area contributed by atoms with Gasteiger partial charge >= 0.3 is 5.97 Å². The van der Waals surface area contributed by atoms with Crippen molar-refractivity contribution in [3.63, 3.8) is 0 Å². The lowest BCUT2D eigenvalue weighted by atomic mass is 9.76. The molecule has 1 aromatic rings. The van der Waals surface area contributed by atoms with Crippen LogP contribution in [0.5, 0.6) is 0 Å². The van der Waals surface area contributed by atoms with Crippen molar-refractivity contribution in [1.82, 2.24) is 14.5 Å². The number of thioether (sulfide) groups is 1. The molecule has 23 heavy (non-hydrogen) atoms. The number of amides is 1. The van der Waals surface area contributed by atoms with Gasteiger partial charge in [-0.25, -0.2) is 4.98 Å². The van der Waals surface area contributed by atoms with Crippen LogP contribution in [-0.4, -0.2) is 57.0 Å². The molecule has 1 unspecified atom stereocenters. The van der Waals surface area contributed by atoms with E-state index < -0.39 is 0 Å². The van der Waals surface area contributed by atoms with E-state index in [0.717, 1.165) is 25.0 Å². The summed E-state index contributed by atoms with van der Waals surface area (Å²) in [5.41, 5.74) is -0.389. The lowest BCUT2D eigenvalue weighted by molar-refractivity contribution is -0.152. The van der Waals surface area contributed by atoms with E-state index in [0.29, 0.717) is 25.4 Å². The molecule has 1 amide bonds. The van der Waals surface area contributed by atoms with E-state index in [1.165, 1.54) is 0 Å². The number of hydrogen-bond donors (Lipinski definition) is 0. The number of carbonyl (C=O) groups excluding carboxylic acids is 2. The minimum atomic E-state index is -0.389. The molecule has 0 N–H and O–H groups in total. The Bertz CT molecular complexity index is 553. The first-order chi connectivity index (χ1) is 11.1. The summed E-state index contributed by atoms with van der Waals surface area (Å²) in [5, 5.41) is 0. The van der Waals surface area contributed by atoms with Gasteiger partial charge in [-0.1, -0.05) is 6.92 Å². The molecular weight excluding hydrogens is 314 g/mol. The van der Waals surface area contributed by atoms with Crippen molar-refractivity contribution < 1.29 is 14.3 Å². The number of nitrogens with zero attached hydrogens (tertiary/aromatic N) is 3. The van der Waals surface area contributed by atoms with Crippen LogP contribution in [0.15, 0.2) is 18.7 Å². The van der Waals surface area contributed by atoms with Crippen molar-refractivity contribution >= 4 is 23.6 Å². The molecule has 0 radical (unpaired) electrons. The van der Waals surface area contributed by atoms with Gasteiger partial charge in [-0.2, -0.15) is 11.8 Å². The van der Waals surface area contributed by atoms with Gasteiger partial charge in [-0.15, -0.1) is 0 Å². The molecule has 0 aliphatic carbocycles. The average molecular weight is 337 g/mol. The van der Waals surface area contributed by atoms with Gasteiger partial charge in [-0.3, -0.25) is 9.59 Å². The Hall–Kier alpha value is -1.50. The predicted molar refractivity (Wildman–Crippen MR) is 88.0 cm³/mol. The molecule has 126 valence electrons. The van der Waals surface area contributed by atoms with Crippen molar-refractivity contribution in [3.8, 4) is 0 Å². The highest BCUT2D eigenvalue weighted by Gasteiger charge is 2.50. The first kappa shape index (κ1) is 16.4. The van der Waals surface area contributed by atoms with Crippen LogP contribution < -0.4 is 0 Å². The third-order valence-electron chi connectivity index (χ3n) is 4.80. The van der Waals surface area contributed by atoms with E-state index in [-0.39, 0.29) is 23.4 Å². The van der Waals surface area contributed by atoms with Gasteiger partial charge in [0, 0.05) is 31.9 Å². The number of aromatic nitrogens is 2. The Morgan fingerprint density at radius 1 is 1.48 bits per heavy atom.